The standard InChI is InChI=1S/C20H25ClN4O7/c1-30-9-3-7-22-19(26)17-13-32-18(23-17)12-24(8-4-10-31-2)20(27)15-6-5-14(25(28)29)11-16(15)21/h5-6,11,13H,3-4,7-10,12H2,1-2H3,(H,22,26). The molecule has 0 fully saturated rings. The number of amides is 2. The number of methoxy groups -OCH3 is 2. The van der Waals surface area contributed by atoms with Gasteiger partial charge < -0.3 is 24.1 Å². The van der Waals surface area contributed by atoms with Crippen LogP contribution in [0, 0.1) is 10.1 Å². The second-order valence-corrected chi connectivity index (χ2v) is 7.13. The molecule has 0 bridgehead atoms. The first-order chi connectivity index (χ1) is 15.4. The van der Waals surface area contributed by atoms with E-state index in [0.29, 0.717) is 39.1 Å². The number of halogens is 1. The highest BCUT2D eigenvalue weighted by molar-refractivity contribution is 6.34. The van der Waals surface area contributed by atoms with Gasteiger partial charge in [0.15, 0.2) is 5.69 Å². The lowest BCUT2D eigenvalue weighted by Crippen LogP contribution is -2.32. The number of benzene rings is 1. The molecule has 0 radical (unpaired) electrons. The first kappa shape index (κ1) is 25.2. The van der Waals surface area contributed by atoms with E-state index in [-0.39, 0.29) is 34.4 Å². The molecule has 0 atom stereocenters. The minimum Gasteiger partial charge on any atom is -0.446 e. The van der Waals surface area contributed by atoms with Crippen LogP contribution < -0.4 is 5.32 Å². The molecule has 0 aliphatic heterocycles. The maximum absolute atomic E-state index is 13.1. The van der Waals surface area contributed by atoms with E-state index in [2.05, 4.69) is 10.3 Å². The summed E-state index contributed by atoms with van der Waals surface area (Å²) in [6, 6.07) is 3.64. The van der Waals surface area contributed by atoms with Crippen LogP contribution in [0.2, 0.25) is 5.02 Å². The van der Waals surface area contributed by atoms with Crippen LogP contribution in [0.15, 0.2) is 28.9 Å². The molecule has 2 amide bonds. The summed E-state index contributed by atoms with van der Waals surface area (Å²) in [5.74, 6) is -0.688. The van der Waals surface area contributed by atoms with E-state index in [4.69, 9.17) is 25.5 Å². The molecule has 32 heavy (non-hydrogen) atoms. The van der Waals surface area contributed by atoms with Crippen molar-refractivity contribution in [3.63, 3.8) is 0 Å². The van der Waals surface area contributed by atoms with Crippen molar-refractivity contribution in [1.29, 1.82) is 0 Å². The van der Waals surface area contributed by atoms with E-state index in [1.807, 2.05) is 0 Å². The monoisotopic (exact) mass is 468 g/mol. The summed E-state index contributed by atoms with van der Waals surface area (Å²) in [5, 5.41) is 13.6. The first-order valence-electron chi connectivity index (χ1n) is 9.81. The van der Waals surface area contributed by atoms with E-state index in [9.17, 15) is 19.7 Å². The first-order valence-corrected chi connectivity index (χ1v) is 10.2. The van der Waals surface area contributed by atoms with E-state index >= 15 is 0 Å². The van der Waals surface area contributed by atoms with Crippen LogP contribution in [-0.4, -0.2) is 67.1 Å². The van der Waals surface area contributed by atoms with Crippen molar-refractivity contribution < 1.29 is 28.4 Å². The predicted octanol–water partition coefficient (Wildman–Crippen LogP) is 2.68. The number of nitrogens with one attached hydrogen (secondary N) is 1. The number of hydrogen-bond acceptors (Lipinski definition) is 8. The molecule has 1 heterocycles. The number of aromatic nitrogens is 1. The molecule has 0 spiro atoms. The van der Waals surface area contributed by atoms with Gasteiger partial charge in [0.1, 0.15) is 6.26 Å². The highest BCUT2D eigenvalue weighted by Gasteiger charge is 2.23. The van der Waals surface area contributed by atoms with Crippen molar-refractivity contribution in [2.75, 3.05) is 40.5 Å². The number of nitro groups is 1. The fourth-order valence-corrected chi connectivity index (χ4v) is 3.03. The van der Waals surface area contributed by atoms with Gasteiger partial charge in [-0.1, -0.05) is 11.6 Å². The van der Waals surface area contributed by atoms with Gasteiger partial charge in [0.05, 0.1) is 22.1 Å². The Morgan fingerprint density at radius 3 is 2.62 bits per heavy atom. The smallest absolute Gasteiger partial charge is 0.273 e. The van der Waals surface area contributed by atoms with Crippen LogP contribution in [0.4, 0.5) is 5.69 Å². The second-order valence-electron chi connectivity index (χ2n) is 6.72. The van der Waals surface area contributed by atoms with Crippen molar-refractivity contribution in [2.45, 2.75) is 19.4 Å². The van der Waals surface area contributed by atoms with Gasteiger partial charge in [-0.2, -0.15) is 0 Å². The van der Waals surface area contributed by atoms with Gasteiger partial charge in [-0.05, 0) is 18.9 Å². The van der Waals surface area contributed by atoms with Crippen molar-refractivity contribution in [3.8, 4) is 0 Å². The summed E-state index contributed by atoms with van der Waals surface area (Å²) < 4.78 is 15.3. The third kappa shape index (κ3) is 7.29. The molecule has 1 N–H and O–H groups in total. The average molecular weight is 469 g/mol. The SMILES string of the molecule is COCCCNC(=O)c1coc(CN(CCCOC)C(=O)c2ccc([N+](=O)[O-])cc2Cl)n1. The van der Waals surface area contributed by atoms with Gasteiger partial charge in [-0.25, -0.2) is 4.98 Å². The van der Waals surface area contributed by atoms with E-state index < -0.39 is 16.7 Å². The molecule has 12 heteroatoms. The summed E-state index contributed by atoms with van der Waals surface area (Å²) in [6.45, 7) is 1.63. The zero-order valence-corrected chi connectivity index (χ0v) is 18.6. The van der Waals surface area contributed by atoms with E-state index in [0.717, 1.165) is 6.07 Å². The van der Waals surface area contributed by atoms with Crippen molar-refractivity contribution >= 4 is 29.1 Å². The Labute approximate surface area is 189 Å². The summed E-state index contributed by atoms with van der Waals surface area (Å²) in [6.07, 6.45) is 2.41. The number of carbonyl (C=O) groups excluding carboxylic acids is 2. The van der Waals surface area contributed by atoms with Crippen LogP contribution in [0.25, 0.3) is 0 Å². The van der Waals surface area contributed by atoms with Crippen LogP contribution in [0.1, 0.15) is 39.6 Å². The molecule has 0 aliphatic rings. The molecule has 0 aliphatic carbocycles. The highest BCUT2D eigenvalue weighted by atomic mass is 35.5. The molecular formula is C20H25ClN4O7. The van der Waals surface area contributed by atoms with Gasteiger partial charge in [-0.3, -0.25) is 19.7 Å². The molecule has 2 aromatic rings. The molecule has 1 aromatic heterocycles. The normalized spacial score (nSPS) is 10.7. The summed E-state index contributed by atoms with van der Waals surface area (Å²) in [4.78, 5) is 41.1. The van der Waals surface area contributed by atoms with Crippen LogP contribution in [0.5, 0.6) is 0 Å². The molecule has 11 nitrogen and oxygen atoms in total. The fraction of sp³-hybridized carbons (Fsp3) is 0.450. The quantitative estimate of drug-likeness (QED) is 0.269. The summed E-state index contributed by atoms with van der Waals surface area (Å²) in [7, 11) is 3.13. The van der Waals surface area contributed by atoms with Gasteiger partial charge in [0, 0.05) is 52.7 Å². The number of non-ortho nitro benzene ring substituents is 1. The third-order valence-electron chi connectivity index (χ3n) is 4.38. The minimum absolute atomic E-state index is 0.0210. The van der Waals surface area contributed by atoms with Gasteiger partial charge in [0.25, 0.3) is 17.5 Å². The number of hydrogen-bond donors (Lipinski definition) is 1. The maximum Gasteiger partial charge on any atom is 0.273 e. The van der Waals surface area contributed by atoms with Gasteiger partial charge in [0.2, 0.25) is 5.89 Å². The lowest BCUT2D eigenvalue weighted by atomic mass is 10.1. The van der Waals surface area contributed by atoms with E-state index in [1.54, 1.807) is 14.2 Å². The molecule has 0 saturated heterocycles. The zero-order chi connectivity index (χ0) is 23.5. The van der Waals surface area contributed by atoms with Crippen molar-refractivity contribution in [1.82, 2.24) is 15.2 Å². The maximum atomic E-state index is 13.1. The Morgan fingerprint density at radius 2 is 1.97 bits per heavy atom. The highest BCUT2D eigenvalue weighted by Crippen LogP contribution is 2.24. The minimum atomic E-state index is -0.592. The third-order valence-corrected chi connectivity index (χ3v) is 4.69. The second kappa shape index (κ2) is 12.7. The number of nitrogens with zero attached hydrogens (tertiary/aromatic N) is 3. The Kier molecular flexibility index (Phi) is 10.1. The summed E-state index contributed by atoms with van der Waals surface area (Å²) in [5.41, 5.74) is -0.0150. The predicted molar refractivity (Wildman–Crippen MR) is 115 cm³/mol. The van der Waals surface area contributed by atoms with Gasteiger partial charge in [-0.15, -0.1) is 0 Å². The van der Waals surface area contributed by atoms with Crippen molar-refractivity contribution in [3.05, 3.63) is 56.7 Å². The Morgan fingerprint density at radius 1 is 1.25 bits per heavy atom. The zero-order valence-electron chi connectivity index (χ0n) is 17.8. The molecule has 2 rings (SSSR count). The van der Waals surface area contributed by atoms with E-state index in [1.165, 1.54) is 23.3 Å². The number of oxazole rings is 1. The van der Waals surface area contributed by atoms with Gasteiger partial charge >= 0.3 is 0 Å². The molecule has 0 saturated carbocycles. The summed E-state index contributed by atoms with van der Waals surface area (Å²) >= 11 is 6.12. The molecular weight excluding hydrogens is 444 g/mol. The van der Waals surface area contributed by atoms with Crippen LogP contribution in [0.3, 0.4) is 0 Å². The Bertz CT molecular complexity index is 934. The Balaban J connectivity index is 2.12. The topological polar surface area (TPSA) is 137 Å². The Hall–Kier alpha value is -3.02. The fourth-order valence-electron chi connectivity index (χ4n) is 2.77. The van der Waals surface area contributed by atoms with Crippen molar-refractivity contribution in [2.24, 2.45) is 0 Å². The molecule has 174 valence electrons. The molecule has 0 unspecified atom stereocenters. The number of rotatable bonds is 13. The van der Waals surface area contributed by atoms with Crippen LogP contribution >= 0.6 is 11.6 Å². The number of carbonyl (C=O) groups is 2. The number of ether oxygens (including phenoxy) is 2. The molecule has 1 aromatic carbocycles. The van der Waals surface area contributed by atoms with Crippen LogP contribution in [-0.2, 0) is 16.0 Å². The largest absolute Gasteiger partial charge is 0.446 e. The lowest BCUT2D eigenvalue weighted by Gasteiger charge is -2.21. The lowest BCUT2D eigenvalue weighted by molar-refractivity contribution is -0.384. The average Bonchev–Trinajstić information content (AvgIpc) is 3.24. The number of nitro benzene ring substituents is 1.